The Balaban J connectivity index is 1.13. The summed E-state index contributed by atoms with van der Waals surface area (Å²) in [7, 11) is 1.51. The van der Waals surface area contributed by atoms with E-state index in [4.69, 9.17) is 28.4 Å². The van der Waals surface area contributed by atoms with E-state index in [1.807, 2.05) is 6.92 Å². The second-order valence-corrected chi connectivity index (χ2v) is 19.5. The maximum Gasteiger partial charge on any atom is 0.338 e. The molecule has 3 saturated carbocycles. The van der Waals surface area contributed by atoms with Gasteiger partial charge in [-0.15, -0.1) is 0 Å². The lowest BCUT2D eigenvalue weighted by molar-refractivity contribution is -0.333. The normalized spacial score (nSPS) is 43.8. The maximum atomic E-state index is 14.1. The summed E-state index contributed by atoms with van der Waals surface area (Å²) in [6.45, 7) is 11.9. The van der Waals surface area contributed by atoms with Crippen LogP contribution in [0.25, 0.3) is 0 Å². The van der Waals surface area contributed by atoms with Crippen molar-refractivity contribution in [2.45, 2.75) is 160 Å². The average Bonchev–Trinajstić information content (AvgIpc) is 3.44. The SMILES string of the molecule is COc1ccc(C(=O)OC2C(OC3C(O)COC(O[C@H]4C[C@H]5[C@@H]6CC=C7C[C@@H](O)CC[C@]7(C)[C@H]6CC[C@]5(C)[C@@]4(O)[C@H](C)C(=O)CCC(C)C)C3C)OCC(O)C2O)cc1. The Morgan fingerprint density at radius 3 is 2.29 bits per heavy atom. The van der Waals surface area contributed by atoms with E-state index in [9.17, 15) is 35.1 Å². The molecule has 1 aromatic rings. The molecule has 13 heteroatoms. The molecule has 5 N–H and O–H groups in total. The van der Waals surface area contributed by atoms with Gasteiger partial charge in [0.05, 0.1) is 44.2 Å². The summed E-state index contributed by atoms with van der Waals surface area (Å²) in [5.41, 5.74) is -0.638. The van der Waals surface area contributed by atoms with E-state index in [0.29, 0.717) is 36.8 Å². The molecule has 0 bridgehead atoms. The smallest absolute Gasteiger partial charge is 0.338 e. The zero-order valence-corrected chi connectivity index (χ0v) is 35.8. The summed E-state index contributed by atoms with van der Waals surface area (Å²) in [5.74, 6) is -0.560. The molecule has 7 rings (SSSR count). The summed E-state index contributed by atoms with van der Waals surface area (Å²) in [6.07, 6.45) is -1.03. The molecule has 5 fully saturated rings. The number of aliphatic hydroxyl groups is 5. The number of ketones is 1. The van der Waals surface area contributed by atoms with Crippen LogP contribution >= 0.6 is 0 Å². The first-order chi connectivity index (χ1) is 27.9. The van der Waals surface area contributed by atoms with Gasteiger partial charge in [0.2, 0.25) is 0 Å². The standard InChI is InChI=1S/C46H68O13/c1-24(2)8-15-34(48)26(4)46(53)37(21-33-31-14-11-28-20-29(47)16-18-44(28,5)32(31)17-19-45(33,46)6)57-42-25(3)39(36(50)23-55-42)59-43-40(38(51)35(49)22-56-43)58-41(52)27-9-12-30(54-7)13-10-27/h9-13,24-26,29,31-33,35-40,42-43,47,49-51,53H,8,14-23H2,1-7H3/t25?,26-,29+,31-,32+,33+,35?,36?,37+,38?,39?,40?,42?,43?,44+,45+,46-/m1/s1. The first kappa shape index (κ1) is 44.6. The predicted molar refractivity (Wildman–Crippen MR) is 215 cm³/mol. The Labute approximate surface area is 348 Å². The molecule has 1 aromatic carbocycles. The number of esters is 1. The molecule has 13 nitrogen and oxygen atoms in total. The van der Waals surface area contributed by atoms with E-state index < -0.39 is 78.0 Å². The minimum atomic E-state index is -1.54. The van der Waals surface area contributed by atoms with Crippen LogP contribution in [0.4, 0.5) is 0 Å². The number of carbonyl (C=O) groups is 2. The zero-order valence-electron chi connectivity index (χ0n) is 35.8. The van der Waals surface area contributed by atoms with Crippen LogP contribution in [-0.4, -0.2) is 119 Å². The van der Waals surface area contributed by atoms with Crippen molar-refractivity contribution >= 4 is 11.8 Å². The molecule has 2 aliphatic heterocycles. The number of carbonyl (C=O) groups excluding carboxylic acids is 2. The zero-order chi connectivity index (χ0) is 42.6. The average molecular weight is 829 g/mol. The Morgan fingerprint density at radius 2 is 1.59 bits per heavy atom. The molecule has 2 saturated heterocycles. The number of ether oxygens (including phenoxy) is 6. The van der Waals surface area contributed by atoms with Crippen molar-refractivity contribution in [3.05, 3.63) is 41.5 Å². The largest absolute Gasteiger partial charge is 0.497 e. The summed E-state index contributed by atoms with van der Waals surface area (Å²) >= 11 is 0. The number of hydrogen-bond donors (Lipinski definition) is 5. The highest BCUT2D eigenvalue weighted by Gasteiger charge is 2.70. The van der Waals surface area contributed by atoms with Crippen molar-refractivity contribution in [3.63, 3.8) is 0 Å². The Morgan fingerprint density at radius 1 is 0.898 bits per heavy atom. The molecule has 0 radical (unpaired) electrons. The third-order valence-electron chi connectivity index (χ3n) is 15.8. The Bertz CT molecular complexity index is 1680. The summed E-state index contributed by atoms with van der Waals surface area (Å²) in [5, 5.41) is 56.7. The second kappa shape index (κ2) is 17.4. The lowest BCUT2D eigenvalue weighted by atomic mass is 9.46. The van der Waals surface area contributed by atoms with Crippen molar-refractivity contribution in [1.82, 2.24) is 0 Å². The molecule has 59 heavy (non-hydrogen) atoms. The Kier molecular flexibility index (Phi) is 13.1. The third-order valence-corrected chi connectivity index (χ3v) is 15.8. The maximum absolute atomic E-state index is 14.1. The molecular formula is C46H68O13. The fourth-order valence-corrected chi connectivity index (χ4v) is 12.1. The van der Waals surface area contributed by atoms with Gasteiger partial charge in [0.15, 0.2) is 18.7 Å². The van der Waals surface area contributed by atoms with Crippen LogP contribution < -0.4 is 4.74 Å². The van der Waals surface area contributed by atoms with E-state index in [2.05, 4.69) is 33.8 Å². The molecule has 0 amide bonds. The van der Waals surface area contributed by atoms with Gasteiger partial charge in [0.25, 0.3) is 0 Å². The number of fused-ring (bicyclic) bond motifs is 5. The summed E-state index contributed by atoms with van der Waals surface area (Å²) < 4.78 is 36.2. The third kappa shape index (κ3) is 8.06. The van der Waals surface area contributed by atoms with E-state index in [1.165, 1.54) is 24.8 Å². The number of allylic oxidation sites excluding steroid dienone is 1. The first-order valence-electron chi connectivity index (χ1n) is 22.0. The number of Topliss-reactive ketones (excluding diaryl/α,β-unsaturated/α-hetero) is 1. The lowest BCUT2D eigenvalue weighted by Crippen LogP contribution is -2.62. The number of hydrogen-bond acceptors (Lipinski definition) is 13. The molecule has 17 atom stereocenters. The van der Waals surface area contributed by atoms with Crippen LogP contribution in [0.3, 0.4) is 0 Å². The van der Waals surface area contributed by atoms with E-state index in [0.717, 1.165) is 38.5 Å². The second-order valence-electron chi connectivity index (χ2n) is 19.5. The van der Waals surface area contributed by atoms with Gasteiger partial charge in [-0.25, -0.2) is 4.79 Å². The molecule has 0 spiro atoms. The quantitative estimate of drug-likeness (QED) is 0.144. The molecule has 2 heterocycles. The van der Waals surface area contributed by atoms with Crippen LogP contribution in [0, 0.1) is 46.3 Å². The van der Waals surface area contributed by atoms with Crippen LogP contribution in [0.5, 0.6) is 5.75 Å². The minimum absolute atomic E-state index is 0.0116. The van der Waals surface area contributed by atoms with Crippen LogP contribution in [0.15, 0.2) is 35.9 Å². The number of benzene rings is 1. The van der Waals surface area contributed by atoms with Gasteiger partial charge < -0.3 is 54.0 Å². The molecule has 6 aliphatic rings. The van der Waals surface area contributed by atoms with Crippen LogP contribution in [0.1, 0.15) is 110 Å². The van der Waals surface area contributed by atoms with Crippen molar-refractivity contribution in [1.29, 1.82) is 0 Å². The van der Waals surface area contributed by atoms with Crippen LogP contribution in [-0.2, 0) is 28.5 Å². The minimum Gasteiger partial charge on any atom is -0.497 e. The summed E-state index contributed by atoms with van der Waals surface area (Å²) in [4.78, 5) is 27.3. The number of aliphatic hydroxyl groups excluding tert-OH is 4. The molecule has 8 unspecified atom stereocenters. The van der Waals surface area contributed by atoms with E-state index >= 15 is 0 Å². The van der Waals surface area contributed by atoms with Gasteiger partial charge >= 0.3 is 5.97 Å². The van der Waals surface area contributed by atoms with Gasteiger partial charge in [-0.05, 0) is 105 Å². The van der Waals surface area contributed by atoms with E-state index in [1.54, 1.807) is 19.1 Å². The monoisotopic (exact) mass is 828 g/mol. The van der Waals surface area contributed by atoms with E-state index in [-0.39, 0.29) is 47.9 Å². The van der Waals surface area contributed by atoms with Crippen molar-refractivity contribution in [2.24, 2.45) is 46.3 Å². The highest BCUT2D eigenvalue weighted by Crippen LogP contribution is 2.69. The molecule has 4 aliphatic carbocycles. The lowest BCUT2D eigenvalue weighted by Gasteiger charge is -2.59. The van der Waals surface area contributed by atoms with Gasteiger partial charge in [-0.2, -0.15) is 0 Å². The molecular weight excluding hydrogens is 760 g/mol. The number of methoxy groups -OCH3 is 1. The Hall–Kier alpha value is -2.46. The van der Waals surface area contributed by atoms with Gasteiger partial charge in [0.1, 0.15) is 35.4 Å². The van der Waals surface area contributed by atoms with Gasteiger partial charge in [0, 0.05) is 23.7 Å². The fourth-order valence-electron chi connectivity index (χ4n) is 12.1. The predicted octanol–water partition coefficient (Wildman–Crippen LogP) is 4.73. The van der Waals surface area contributed by atoms with Crippen LogP contribution in [0.2, 0.25) is 0 Å². The summed E-state index contributed by atoms with van der Waals surface area (Å²) in [6, 6.07) is 6.22. The highest BCUT2D eigenvalue weighted by atomic mass is 16.7. The fraction of sp³-hybridized carbons (Fsp3) is 0.783. The van der Waals surface area contributed by atoms with Gasteiger partial charge in [-0.1, -0.05) is 53.2 Å². The van der Waals surface area contributed by atoms with Gasteiger partial charge in [-0.3, -0.25) is 4.79 Å². The topological polar surface area (TPSA) is 191 Å². The van der Waals surface area contributed by atoms with Crippen molar-refractivity contribution in [2.75, 3.05) is 20.3 Å². The highest BCUT2D eigenvalue weighted by molar-refractivity contribution is 5.89. The molecule has 330 valence electrons. The first-order valence-corrected chi connectivity index (χ1v) is 22.0. The van der Waals surface area contributed by atoms with Crippen molar-refractivity contribution in [3.8, 4) is 5.75 Å². The number of rotatable bonds is 12. The van der Waals surface area contributed by atoms with Crippen molar-refractivity contribution < 1.29 is 63.5 Å². The molecule has 0 aromatic heterocycles.